The molecule has 0 radical (unpaired) electrons. The number of carbonyl (C=O) groups is 1. The minimum Gasteiger partial charge on any atom is -0.347 e. The maximum absolute atomic E-state index is 12.6. The highest BCUT2D eigenvalue weighted by molar-refractivity contribution is 5.93. The first-order chi connectivity index (χ1) is 16.6. The number of carbonyl (C=O) groups excluding carboxylic acids is 1. The predicted molar refractivity (Wildman–Crippen MR) is 138 cm³/mol. The van der Waals surface area contributed by atoms with Crippen molar-refractivity contribution in [2.75, 3.05) is 18.4 Å². The lowest BCUT2D eigenvalue weighted by Crippen LogP contribution is -2.32. The van der Waals surface area contributed by atoms with Crippen LogP contribution in [0.1, 0.15) is 70.9 Å². The van der Waals surface area contributed by atoms with Crippen LogP contribution in [0.3, 0.4) is 0 Å². The van der Waals surface area contributed by atoms with Crippen molar-refractivity contribution < 1.29 is 4.79 Å². The van der Waals surface area contributed by atoms with E-state index in [4.69, 9.17) is 0 Å². The fourth-order valence-corrected chi connectivity index (χ4v) is 4.82. The molecule has 7 heteroatoms. The molecule has 1 aliphatic heterocycles. The number of fused-ring (bicyclic) bond motifs is 1. The van der Waals surface area contributed by atoms with Crippen LogP contribution in [-0.2, 0) is 24.4 Å². The van der Waals surface area contributed by atoms with Gasteiger partial charge in [-0.3, -0.25) is 9.69 Å². The number of nitrogens with zero attached hydrogens (tertiary/aromatic N) is 5. The first kappa shape index (κ1) is 24.5. The van der Waals surface area contributed by atoms with Crippen molar-refractivity contribution in [1.29, 1.82) is 0 Å². The van der Waals surface area contributed by atoms with Crippen molar-refractivity contribution in [3.05, 3.63) is 42.4 Å². The Morgan fingerprint density at radius 3 is 2.71 bits per heavy atom. The molecule has 0 unspecified atom stereocenters. The summed E-state index contributed by atoms with van der Waals surface area (Å²) >= 11 is 0. The SMILES string of the molecule is CCCCCCCCn1ccc2cc(NC(=O)Cn3cc(CN4CCC(C)CC4)nn3)ccc21. The van der Waals surface area contributed by atoms with Crippen molar-refractivity contribution in [3.8, 4) is 0 Å². The average molecular weight is 465 g/mol. The zero-order valence-corrected chi connectivity index (χ0v) is 20.9. The van der Waals surface area contributed by atoms with Gasteiger partial charge in [0.25, 0.3) is 0 Å². The first-order valence-electron chi connectivity index (χ1n) is 13.1. The Balaban J connectivity index is 1.25. The molecule has 184 valence electrons. The summed E-state index contributed by atoms with van der Waals surface area (Å²) in [6.07, 6.45) is 14.3. The number of amides is 1. The van der Waals surface area contributed by atoms with E-state index in [0.29, 0.717) is 0 Å². The molecule has 0 spiro atoms. The Hall–Kier alpha value is -2.67. The van der Waals surface area contributed by atoms with Crippen LogP contribution in [0.15, 0.2) is 36.7 Å². The summed E-state index contributed by atoms with van der Waals surface area (Å²) in [6.45, 7) is 8.81. The molecule has 1 fully saturated rings. The zero-order valence-electron chi connectivity index (χ0n) is 20.9. The van der Waals surface area contributed by atoms with Crippen molar-refractivity contribution in [3.63, 3.8) is 0 Å². The second-order valence-corrected chi connectivity index (χ2v) is 9.96. The maximum atomic E-state index is 12.6. The summed E-state index contributed by atoms with van der Waals surface area (Å²) < 4.78 is 3.95. The third-order valence-corrected chi connectivity index (χ3v) is 6.96. The number of aromatic nitrogens is 4. The van der Waals surface area contributed by atoms with Crippen LogP contribution in [0, 0.1) is 5.92 Å². The van der Waals surface area contributed by atoms with Gasteiger partial charge in [0.1, 0.15) is 6.54 Å². The molecule has 1 aliphatic rings. The number of hydrogen-bond donors (Lipinski definition) is 1. The Bertz CT molecular complexity index is 1050. The van der Waals surface area contributed by atoms with Gasteiger partial charge in [0.15, 0.2) is 0 Å². The van der Waals surface area contributed by atoms with Gasteiger partial charge in [0.05, 0.1) is 11.9 Å². The highest BCUT2D eigenvalue weighted by Crippen LogP contribution is 2.22. The molecule has 1 saturated heterocycles. The van der Waals surface area contributed by atoms with Crippen LogP contribution < -0.4 is 5.32 Å². The summed E-state index contributed by atoms with van der Waals surface area (Å²) in [7, 11) is 0. The van der Waals surface area contributed by atoms with E-state index in [0.717, 1.165) is 48.9 Å². The molecule has 3 aromatic rings. The lowest BCUT2D eigenvalue weighted by Gasteiger charge is -2.29. The van der Waals surface area contributed by atoms with Gasteiger partial charge < -0.3 is 9.88 Å². The van der Waals surface area contributed by atoms with E-state index < -0.39 is 0 Å². The Labute approximate surface area is 203 Å². The number of nitrogens with one attached hydrogen (secondary N) is 1. The Morgan fingerprint density at radius 2 is 1.88 bits per heavy atom. The van der Waals surface area contributed by atoms with Gasteiger partial charge in [0.2, 0.25) is 5.91 Å². The highest BCUT2D eigenvalue weighted by Gasteiger charge is 2.17. The quantitative estimate of drug-likeness (QED) is 0.361. The fourth-order valence-electron chi connectivity index (χ4n) is 4.82. The molecular weight excluding hydrogens is 424 g/mol. The lowest BCUT2D eigenvalue weighted by molar-refractivity contribution is -0.116. The molecule has 0 bridgehead atoms. The van der Waals surface area contributed by atoms with Gasteiger partial charge in [0, 0.05) is 35.9 Å². The molecule has 0 saturated carbocycles. The number of unbranched alkanes of at least 4 members (excludes halogenated alkanes) is 5. The van der Waals surface area contributed by atoms with E-state index in [9.17, 15) is 4.79 Å². The second-order valence-electron chi connectivity index (χ2n) is 9.96. The molecule has 3 heterocycles. The van der Waals surface area contributed by atoms with E-state index in [2.05, 4.69) is 63.3 Å². The van der Waals surface area contributed by atoms with Crippen molar-refractivity contribution in [1.82, 2.24) is 24.5 Å². The van der Waals surface area contributed by atoms with Crippen molar-refractivity contribution >= 4 is 22.5 Å². The minimum absolute atomic E-state index is 0.0888. The molecule has 1 amide bonds. The van der Waals surface area contributed by atoms with Gasteiger partial charge in [-0.1, -0.05) is 51.2 Å². The summed E-state index contributed by atoms with van der Waals surface area (Å²) in [5.41, 5.74) is 2.97. The van der Waals surface area contributed by atoms with Gasteiger partial charge in [-0.05, 0) is 62.5 Å². The molecule has 7 nitrogen and oxygen atoms in total. The third-order valence-electron chi connectivity index (χ3n) is 6.96. The van der Waals surface area contributed by atoms with E-state index in [-0.39, 0.29) is 12.5 Å². The molecule has 1 aromatic carbocycles. The van der Waals surface area contributed by atoms with Gasteiger partial charge >= 0.3 is 0 Å². The second kappa shape index (κ2) is 12.2. The number of likely N-dealkylation sites (tertiary alicyclic amines) is 1. The third kappa shape index (κ3) is 6.92. The van der Waals surface area contributed by atoms with E-state index in [1.165, 1.54) is 56.9 Å². The smallest absolute Gasteiger partial charge is 0.246 e. The topological polar surface area (TPSA) is 68.0 Å². The van der Waals surface area contributed by atoms with Crippen LogP contribution >= 0.6 is 0 Å². The van der Waals surface area contributed by atoms with Gasteiger partial charge in [-0.25, -0.2) is 4.68 Å². The molecular formula is C27H40N6O. The molecule has 2 aromatic heterocycles. The fraction of sp³-hybridized carbons (Fsp3) is 0.593. The van der Waals surface area contributed by atoms with Gasteiger partial charge in [-0.2, -0.15) is 0 Å². The van der Waals surface area contributed by atoms with Crippen LogP contribution in [0.4, 0.5) is 5.69 Å². The van der Waals surface area contributed by atoms with Crippen molar-refractivity contribution in [2.24, 2.45) is 5.92 Å². The molecule has 0 aliphatic carbocycles. The minimum atomic E-state index is -0.0888. The number of rotatable bonds is 12. The van der Waals surface area contributed by atoms with Crippen molar-refractivity contribution in [2.45, 2.75) is 84.8 Å². The number of hydrogen-bond acceptors (Lipinski definition) is 4. The van der Waals surface area contributed by atoms with Crippen LogP contribution in [0.5, 0.6) is 0 Å². The summed E-state index contributed by atoms with van der Waals surface area (Å²) in [6, 6.07) is 8.28. The maximum Gasteiger partial charge on any atom is 0.246 e. The number of benzene rings is 1. The van der Waals surface area contributed by atoms with E-state index in [1.807, 2.05) is 12.3 Å². The number of anilines is 1. The number of piperidine rings is 1. The summed E-state index contributed by atoms with van der Waals surface area (Å²) in [5.74, 6) is 0.725. The number of aryl methyl sites for hydroxylation is 1. The summed E-state index contributed by atoms with van der Waals surface area (Å²) in [4.78, 5) is 15.0. The highest BCUT2D eigenvalue weighted by atomic mass is 16.2. The van der Waals surface area contributed by atoms with Crippen LogP contribution in [-0.4, -0.2) is 43.5 Å². The molecule has 4 rings (SSSR count). The Morgan fingerprint density at radius 1 is 1.09 bits per heavy atom. The average Bonchev–Trinajstić information content (AvgIpc) is 3.44. The monoisotopic (exact) mass is 464 g/mol. The van der Waals surface area contributed by atoms with Gasteiger partial charge in [-0.15, -0.1) is 5.10 Å². The zero-order chi connectivity index (χ0) is 23.8. The first-order valence-corrected chi connectivity index (χ1v) is 13.1. The Kier molecular flexibility index (Phi) is 8.74. The lowest BCUT2D eigenvalue weighted by atomic mass is 9.99. The predicted octanol–water partition coefficient (Wildman–Crippen LogP) is 5.46. The molecule has 0 atom stereocenters. The van der Waals surface area contributed by atoms with E-state index in [1.54, 1.807) is 4.68 Å². The summed E-state index contributed by atoms with van der Waals surface area (Å²) in [5, 5.41) is 12.6. The molecule has 1 N–H and O–H groups in total. The van der Waals surface area contributed by atoms with Crippen LogP contribution in [0.25, 0.3) is 10.9 Å². The largest absolute Gasteiger partial charge is 0.347 e. The standard InChI is InChI=1S/C27H40N6O/c1-3-4-5-6-7-8-14-32-17-13-23-18-24(9-10-26(23)32)28-27(34)21-33-20-25(29-30-33)19-31-15-11-22(2)12-16-31/h9-10,13,17-18,20,22H,3-8,11-12,14-16,19,21H2,1-2H3,(H,28,34). The van der Waals surface area contributed by atoms with Crippen LogP contribution in [0.2, 0.25) is 0 Å². The molecule has 34 heavy (non-hydrogen) atoms. The normalized spacial score (nSPS) is 15.2. The van der Waals surface area contributed by atoms with E-state index >= 15 is 0 Å².